The SMILES string of the molecule is COCCNC(=S)NNc1cc(C)cc(C)c1. The van der Waals surface area contributed by atoms with Crippen LogP contribution in [0.5, 0.6) is 0 Å². The molecular weight excluding hydrogens is 234 g/mol. The predicted molar refractivity (Wildman–Crippen MR) is 75.2 cm³/mol. The highest BCUT2D eigenvalue weighted by Gasteiger charge is 1.97. The van der Waals surface area contributed by atoms with Gasteiger partial charge in [0.2, 0.25) is 0 Å². The van der Waals surface area contributed by atoms with Crippen LogP contribution in [0.15, 0.2) is 18.2 Å². The van der Waals surface area contributed by atoms with Crippen molar-refractivity contribution in [2.45, 2.75) is 13.8 Å². The molecule has 0 aromatic heterocycles. The molecule has 0 aliphatic carbocycles. The van der Waals surface area contributed by atoms with E-state index in [1.165, 1.54) is 11.1 Å². The largest absolute Gasteiger partial charge is 0.383 e. The van der Waals surface area contributed by atoms with Crippen molar-refractivity contribution < 1.29 is 4.74 Å². The molecule has 94 valence electrons. The Morgan fingerprint density at radius 1 is 1.24 bits per heavy atom. The molecule has 3 N–H and O–H groups in total. The van der Waals surface area contributed by atoms with E-state index in [0.717, 1.165) is 5.69 Å². The number of benzene rings is 1. The van der Waals surface area contributed by atoms with Crippen molar-refractivity contribution in [1.82, 2.24) is 10.7 Å². The quantitative estimate of drug-likeness (QED) is 0.424. The molecule has 1 aromatic carbocycles. The highest BCUT2D eigenvalue weighted by atomic mass is 32.1. The van der Waals surface area contributed by atoms with Gasteiger partial charge in [-0.15, -0.1) is 0 Å². The topological polar surface area (TPSA) is 45.3 Å². The first-order valence-corrected chi connectivity index (χ1v) is 5.89. The van der Waals surface area contributed by atoms with Gasteiger partial charge in [-0.3, -0.25) is 10.9 Å². The molecule has 17 heavy (non-hydrogen) atoms. The summed E-state index contributed by atoms with van der Waals surface area (Å²) >= 11 is 5.09. The molecule has 4 nitrogen and oxygen atoms in total. The summed E-state index contributed by atoms with van der Waals surface area (Å²) in [6.07, 6.45) is 0. The van der Waals surface area contributed by atoms with Crippen LogP contribution in [-0.4, -0.2) is 25.4 Å². The van der Waals surface area contributed by atoms with Crippen LogP contribution in [-0.2, 0) is 4.74 Å². The maximum Gasteiger partial charge on any atom is 0.185 e. The van der Waals surface area contributed by atoms with Gasteiger partial charge < -0.3 is 10.1 Å². The van der Waals surface area contributed by atoms with Gasteiger partial charge in [0.15, 0.2) is 5.11 Å². The molecule has 1 rings (SSSR count). The first-order chi connectivity index (χ1) is 8.11. The average molecular weight is 253 g/mol. The van der Waals surface area contributed by atoms with E-state index in [4.69, 9.17) is 17.0 Å². The minimum Gasteiger partial charge on any atom is -0.383 e. The molecule has 0 amide bonds. The Balaban J connectivity index is 2.36. The lowest BCUT2D eigenvalue weighted by molar-refractivity contribution is 0.204. The van der Waals surface area contributed by atoms with Gasteiger partial charge in [0.05, 0.1) is 12.3 Å². The van der Waals surface area contributed by atoms with Gasteiger partial charge >= 0.3 is 0 Å². The van der Waals surface area contributed by atoms with Gasteiger partial charge in [-0.2, -0.15) is 0 Å². The zero-order valence-corrected chi connectivity index (χ0v) is 11.3. The van der Waals surface area contributed by atoms with E-state index < -0.39 is 0 Å². The summed E-state index contributed by atoms with van der Waals surface area (Å²) in [7, 11) is 1.66. The number of hydrazine groups is 1. The number of rotatable bonds is 5. The molecule has 0 spiro atoms. The van der Waals surface area contributed by atoms with E-state index in [1.807, 2.05) is 0 Å². The third kappa shape index (κ3) is 5.51. The van der Waals surface area contributed by atoms with Gasteiger partial charge in [-0.05, 0) is 49.3 Å². The van der Waals surface area contributed by atoms with Crippen LogP contribution in [0.1, 0.15) is 11.1 Å². The number of hydrogen-bond acceptors (Lipinski definition) is 3. The van der Waals surface area contributed by atoms with E-state index in [1.54, 1.807) is 7.11 Å². The first-order valence-electron chi connectivity index (χ1n) is 5.49. The monoisotopic (exact) mass is 253 g/mol. The van der Waals surface area contributed by atoms with Crippen LogP contribution in [0, 0.1) is 13.8 Å². The molecule has 0 heterocycles. The second-order valence-electron chi connectivity index (χ2n) is 3.88. The van der Waals surface area contributed by atoms with E-state index >= 15 is 0 Å². The Kier molecular flexibility index (Phi) is 5.72. The molecule has 0 atom stereocenters. The summed E-state index contributed by atoms with van der Waals surface area (Å²) in [4.78, 5) is 0. The number of anilines is 1. The second kappa shape index (κ2) is 7.09. The van der Waals surface area contributed by atoms with Crippen molar-refractivity contribution in [1.29, 1.82) is 0 Å². The maximum atomic E-state index is 5.09. The summed E-state index contributed by atoms with van der Waals surface area (Å²) in [6, 6.07) is 6.23. The van der Waals surface area contributed by atoms with Gasteiger partial charge in [0.25, 0.3) is 0 Å². The minimum absolute atomic E-state index is 0.557. The Bertz CT molecular complexity index is 362. The van der Waals surface area contributed by atoms with Crippen molar-refractivity contribution in [2.75, 3.05) is 25.7 Å². The third-order valence-corrected chi connectivity index (χ3v) is 2.38. The lowest BCUT2D eigenvalue weighted by Crippen LogP contribution is -2.40. The fourth-order valence-corrected chi connectivity index (χ4v) is 1.64. The van der Waals surface area contributed by atoms with E-state index in [-0.39, 0.29) is 0 Å². The van der Waals surface area contributed by atoms with Crippen LogP contribution in [0.2, 0.25) is 0 Å². The number of aryl methyl sites for hydroxylation is 2. The Hall–Kier alpha value is -1.33. The van der Waals surface area contributed by atoms with Crippen LogP contribution < -0.4 is 16.2 Å². The molecule has 0 bridgehead atoms. The summed E-state index contributed by atoms with van der Waals surface area (Å²) in [5.74, 6) is 0. The fraction of sp³-hybridized carbons (Fsp3) is 0.417. The standard InChI is InChI=1S/C12H19N3OS/c1-9-6-10(2)8-11(7-9)14-15-12(17)13-4-5-16-3/h6-8,14H,4-5H2,1-3H3,(H2,13,15,17). The zero-order chi connectivity index (χ0) is 12.7. The Morgan fingerprint density at radius 2 is 1.88 bits per heavy atom. The molecule has 0 saturated heterocycles. The molecule has 0 aliphatic rings. The molecule has 5 heteroatoms. The van der Waals surface area contributed by atoms with Crippen LogP contribution in [0.25, 0.3) is 0 Å². The highest BCUT2D eigenvalue weighted by Crippen LogP contribution is 2.12. The average Bonchev–Trinajstić information content (AvgIpc) is 2.25. The van der Waals surface area contributed by atoms with E-state index in [9.17, 15) is 0 Å². The van der Waals surface area contributed by atoms with Crippen molar-refractivity contribution in [3.05, 3.63) is 29.3 Å². The molecule has 0 unspecified atom stereocenters. The number of nitrogens with one attached hydrogen (secondary N) is 3. The third-order valence-electron chi connectivity index (χ3n) is 2.13. The lowest BCUT2D eigenvalue weighted by Gasteiger charge is -2.13. The Morgan fingerprint density at radius 3 is 2.47 bits per heavy atom. The predicted octanol–water partition coefficient (Wildman–Crippen LogP) is 1.74. The molecular formula is C12H19N3OS. The van der Waals surface area contributed by atoms with E-state index in [0.29, 0.717) is 18.3 Å². The van der Waals surface area contributed by atoms with Crippen molar-refractivity contribution in [2.24, 2.45) is 0 Å². The van der Waals surface area contributed by atoms with Crippen molar-refractivity contribution >= 4 is 23.0 Å². The second-order valence-corrected chi connectivity index (χ2v) is 4.28. The molecule has 0 saturated carbocycles. The number of thiocarbonyl (C=S) groups is 1. The normalized spacial score (nSPS) is 9.82. The van der Waals surface area contributed by atoms with Crippen LogP contribution in [0.4, 0.5) is 5.69 Å². The maximum absolute atomic E-state index is 5.09. The van der Waals surface area contributed by atoms with E-state index in [2.05, 4.69) is 48.2 Å². The zero-order valence-electron chi connectivity index (χ0n) is 10.5. The molecule has 0 fully saturated rings. The summed E-state index contributed by atoms with van der Waals surface area (Å²) < 4.78 is 4.92. The van der Waals surface area contributed by atoms with Gasteiger partial charge in [0.1, 0.15) is 0 Å². The Labute approximate surface area is 108 Å². The molecule has 0 radical (unpaired) electrons. The summed E-state index contributed by atoms with van der Waals surface area (Å²) in [6.45, 7) is 5.45. The molecule has 0 aliphatic heterocycles. The fourth-order valence-electron chi connectivity index (χ4n) is 1.49. The molecule has 1 aromatic rings. The first kappa shape index (κ1) is 13.7. The van der Waals surface area contributed by atoms with Crippen molar-refractivity contribution in [3.63, 3.8) is 0 Å². The highest BCUT2D eigenvalue weighted by molar-refractivity contribution is 7.80. The van der Waals surface area contributed by atoms with Crippen LogP contribution in [0.3, 0.4) is 0 Å². The minimum atomic E-state index is 0.557. The lowest BCUT2D eigenvalue weighted by atomic mass is 10.1. The van der Waals surface area contributed by atoms with Gasteiger partial charge in [-0.25, -0.2) is 0 Å². The number of methoxy groups -OCH3 is 1. The smallest absolute Gasteiger partial charge is 0.185 e. The van der Waals surface area contributed by atoms with Crippen molar-refractivity contribution in [3.8, 4) is 0 Å². The summed E-state index contributed by atoms with van der Waals surface area (Å²) in [5.41, 5.74) is 9.41. The number of ether oxygens (including phenoxy) is 1. The van der Waals surface area contributed by atoms with Gasteiger partial charge in [-0.1, -0.05) is 6.07 Å². The number of hydrogen-bond donors (Lipinski definition) is 3. The van der Waals surface area contributed by atoms with Gasteiger partial charge in [0, 0.05) is 13.7 Å². The summed E-state index contributed by atoms with van der Waals surface area (Å²) in [5, 5.41) is 3.57. The van der Waals surface area contributed by atoms with Crippen LogP contribution >= 0.6 is 12.2 Å².